The molecule has 2 aliphatic heterocycles. The van der Waals surface area contributed by atoms with Crippen molar-refractivity contribution in [3.8, 4) is 0 Å². The molecule has 0 unspecified atom stereocenters. The molecule has 3 fully saturated rings. The topological polar surface area (TPSA) is 107 Å². The van der Waals surface area contributed by atoms with E-state index < -0.39 is 15.6 Å². The summed E-state index contributed by atoms with van der Waals surface area (Å²) in [5.74, 6) is -0.170. The highest BCUT2D eigenvalue weighted by atomic mass is 32.2. The minimum absolute atomic E-state index is 0.106. The molecule has 2 atom stereocenters. The van der Waals surface area contributed by atoms with Gasteiger partial charge in [0.15, 0.2) is 5.78 Å². The van der Waals surface area contributed by atoms with Gasteiger partial charge in [0.2, 0.25) is 10.0 Å². The Hall–Kier alpha value is -2.30. The number of nitrogens with zero attached hydrogens (tertiary/aromatic N) is 3. The first-order valence-electron chi connectivity index (χ1n) is 11.1. The summed E-state index contributed by atoms with van der Waals surface area (Å²) in [5, 5.41) is 2.96. The molecule has 1 aromatic carbocycles. The quantitative estimate of drug-likeness (QED) is 0.527. The Balaban J connectivity index is 1.38. The number of ketones is 1. The first kappa shape index (κ1) is 22.9. The van der Waals surface area contributed by atoms with Gasteiger partial charge in [0.1, 0.15) is 5.54 Å². The van der Waals surface area contributed by atoms with Crippen molar-refractivity contribution in [3.05, 3.63) is 29.8 Å². The van der Waals surface area contributed by atoms with Crippen LogP contribution in [-0.2, 0) is 14.8 Å². The predicted molar refractivity (Wildman–Crippen MR) is 117 cm³/mol. The zero-order valence-corrected chi connectivity index (χ0v) is 19.4. The number of rotatable bonds is 5. The summed E-state index contributed by atoms with van der Waals surface area (Å²) in [6.45, 7) is 5.00. The van der Waals surface area contributed by atoms with Gasteiger partial charge in [0.25, 0.3) is 5.91 Å². The van der Waals surface area contributed by atoms with E-state index in [-0.39, 0.29) is 48.3 Å². The summed E-state index contributed by atoms with van der Waals surface area (Å²) in [4.78, 5) is 40.5. The molecule has 10 heteroatoms. The predicted octanol–water partition coefficient (Wildman–Crippen LogP) is 1.65. The van der Waals surface area contributed by atoms with Gasteiger partial charge in [-0.2, -0.15) is 4.31 Å². The van der Waals surface area contributed by atoms with E-state index in [1.165, 1.54) is 40.4 Å². The van der Waals surface area contributed by atoms with E-state index in [0.717, 1.165) is 19.3 Å². The van der Waals surface area contributed by atoms with Crippen LogP contribution >= 0.6 is 0 Å². The van der Waals surface area contributed by atoms with Crippen molar-refractivity contribution in [1.29, 1.82) is 0 Å². The number of sulfonamides is 1. The molecule has 0 aromatic heterocycles. The van der Waals surface area contributed by atoms with Crippen LogP contribution in [0.2, 0.25) is 0 Å². The minimum Gasteiger partial charge on any atom is -0.323 e. The third-order valence-electron chi connectivity index (χ3n) is 7.07. The monoisotopic (exact) mass is 462 g/mol. The molecule has 3 amide bonds. The Kier molecular flexibility index (Phi) is 6.12. The van der Waals surface area contributed by atoms with Crippen LogP contribution in [-0.4, -0.2) is 78.6 Å². The summed E-state index contributed by atoms with van der Waals surface area (Å²) in [7, 11) is -3.67. The van der Waals surface area contributed by atoms with Gasteiger partial charge in [-0.15, -0.1) is 0 Å². The Bertz CT molecular complexity index is 1020. The molecule has 1 saturated carbocycles. The molecule has 4 rings (SSSR count). The lowest BCUT2D eigenvalue weighted by Crippen LogP contribution is -2.55. The van der Waals surface area contributed by atoms with Crippen molar-refractivity contribution in [2.75, 3.05) is 32.8 Å². The van der Waals surface area contributed by atoms with Crippen molar-refractivity contribution in [3.63, 3.8) is 0 Å². The number of benzene rings is 1. The number of amides is 3. The standard InChI is InChI=1S/C22H30N4O5S/c1-16-5-3-4-10-22(16)20(28)26(21(29)23-22)15-24-11-13-25(14-12-24)32(30,31)19-8-6-18(7-9-19)17(2)27/h6-9,16H,3-5,10-15H2,1-2H3,(H,23,29)/t16-,22+/m0/s1. The van der Waals surface area contributed by atoms with Crippen LogP contribution in [0.3, 0.4) is 0 Å². The molecule has 2 heterocycles. The summed E-state index contributed by atoms with van der Waals surface area (Å²) < 4.78 is 27.3. The number of carbonyl (C=O) groups excluding carboxylic acids is 3. The maximum Gasteiger partial charge on any atom is 0.326 e. The van der Waals surface area contributed by atoms with Crippen LogP contribution in [0.5, 0.6) is 0 Å². The average molecular weight is 463 g/mol. The van der Waals surface area contributed by atoms with E-state index >= 15 is 0 Å². The number of nitrogens with one attached hydrogen (secondary N) is 1. The van der Waals surface area contributed by atoms with Crippen molar-refractivity contribution < 1.29 is 22.8 Å². The second-order valence-electron chi connectivity index (χ2n) is 9.03. The van der Waals surface area contributed by atoms with Gasteiger partial charge < -0.3 is 5.32 Å². The largest absolute Gasteiger partial charge is 0.326 e. The Morgan fingerprint density at radius 3 is 2.34 bits per heavy atom. The van der Waals surface area contributed by atoms with Gasteiger partial charge in [-0.05, 0) is 37.8 Å². The molecular weight excluding hydrogens is 432 g/mol. The Morgan fingerprint density at radius 2 is 1.75 bits per heavy atom. The van der Waals surface area contributed by atoms with E-state index in [9.17, 15) is 22.8 Å². The normalized spacial score (nSPS) is 27.7. The minimum atomic E-state index is -3.67. The molecule has 9 nitrogen and oxygen atoms in total. The Labute approximate surface area is 188 Å². The van der Waals surface area contributed by atoms with E-state index in [4.69, 9.17) is 0 Å². The van der Waals surface area contributed by atoms with Crippen molar-refractivity contribution in [2.24, 2.45) is 5.92 Å². The zero-order chi connectivity index (χ0) is 23.1. The highest BCUT2D eigenvalue weighted by Crippen LogP contribution is 2.38. The summed E-state index contributed by atoms with van der Waals surface area (Å²) in [6, 6.07) is 5.59. The molecular formula is C22H30N4O5S. The van der Waals surface area contributed by atoms with Gasteiger partial charge in [-0.25, -0.2) is 18.1 Å². The summed E-state index contributed by atoms with van der Waals surface area (Å²) in [6.07, 6.45) is 3.58. The lowest BCUT2D eigenvalue weighted by Gasteiger charge is -2.38. The molecule has 1 aromatic rings. The fourth-order valence-corrected chi connectivity index (χ4v) is 6.37. The highest BCUT2D eigenvalue weighted by molar-refractivity contribution is 7.89. The van der Waals surface area contributed by atoms with Gasteiger partial charge in [0, 0.05) is 31.7 Å². The van der Waals surface area contributed by atoms with E-state index in [0.29, 0.717) is 25.1 Å². The number of urea groups is 1. The number of hydrogen-bond donors (Lipinski definition) is 1. The van der Waals surface area contributed by atoms with Crippen LogP contribution in [0, 0.1) is 5.92 Å². The molecule has 32 heavy (non-hydrogen) atoms. The molecule has 0 radical (unpaired) electrons. The summed E-state index contributed by atoms with van der Waals surface area (Å²) in [5.41, 5.74) is -0.320. The lowest BCUT2D eigenvalue weighted by molar-refractivity contribution is -0.135. The molecule has 174 valence electrons. The maximum absolute atomic E-state index is 13.1. The van der Waals surface area contributed by atoms with Crippen LogP contribution in [0.1, 0.15) is 49.9 Å². The van der Waals surface area contributed by atoms with E-state index in [1.807, 2.05) is 11.8 Å². The van der Waals surface area contributed by atoms with Crippen molar-refractivity contribution in [1.82, 2.24) is 19.4 Å². The lowest BCUT2D eigenvalue weighted by atomic mass is 9.73. The van der Waals surface area contributed by atoms with E-state index in [1.54, 1.807) is 0 Å². The van der Waals surface area contributed by atoms with Gasteiger partial charge >= 0.3 is 6.03 Å². The van der Waals surface area contributed by atoms with Gasteiger partial charge in [-0.1, -0.05) is 31.9 Å². The van der Waals surface area contributed by atoms with Crippen LogP contribution in [0.15, 0.2) is 29.2 Å². The number of piperazine rings is 1. The van der Waals surface area contributed by atoms with Gasteiger partial charge in [-0.3, -0.25) is 14.5 Å². The van der Waals surface area contributed by atoms with Crippen LogP contribution in [0.25, 0.3) is 0 Å². The molecule has 1 aliphatic carbocycles. The SMILES string of the molecule is CC(=O)c1ccc(S(=O)(=O)N2CCN(CN3C(=O)N[C@@]4(CCCC[C@@H]4C)C3=O)CC2)cc1. The third kappa shape index (κ3) is 3.95. The summed E-state index contributed by atoms with van der Waals surface area (Å²) >= 11 is 0. The fourth-order valence-electron chi connectivity index (χ4n) is 4.95. The number of hydrogen-bond acceptors (Lipinski definition) is 6. The Morgan fingerprint density at radius 1 is 1.09 bits per heavy atom. The highest BCUT2D eigenvalue weighted by Gasteiger charge is 2.55. The second-order valence-corrected chi connectivity index (χ2v) is 11.0. The number of carbonyl (C=O) groups is 3. The smallest absolute Gasteiger partial charge is 0.323 e. The average Bonchev–Trinajstić information content (AvgIpc) is 3.01. The van der Waals surface area contributed by atoms with Crippen molar-refractivity contribution >= 4 is 27.7 Å². The zero-order valence-electron chi connectivity index (χ0n) is 18.5. The van der Waals surface area contributed by atoms with Crippen LogP contribution in [0.4, 0.5) is 4.79 Å². The van der Waals surface area contributed by atoms with Crippen LogP contribution < -0.4 is 5.32 Å². The maximum atomic E-state index is 13.1. The molecule has 2 saturated heterocycles. The van der Waals surface area contributed by atoms with Crippen molar-refractivity contribution in [2.45, 2.75) is 50.0 Å². The molecule has 0 bridgehead atoms. The third-order valence-corrected chi connectivity index (χ3v) is 8.99. The number of imide groups is 1. The molecule has 3 aliphatic rings. The fraction of sp³-hybridized carbons (Fsp3) is 0.591. The van der Waals surface area contributed by atoms with Gasteiger partial charge in [0.05, 0.1) is 11.6 Å². The molecule has 1 N–H and O–H groups in total. The first-order chi connectivity index (χ1) is 15.1. The number of Topliss-reactive ketones (excluding diaryl/α,β-unsaturated/α-hetero) is 1. The second kappa shape index (κ2) is 8.57. The molecule has 1 spiro atoms. The van der Waals surface area contributed by atoms with E-state index in [2.05, 4.69) is 5.32 Å². The first-order valence-corrected chi connectivity index (χ1v) is 12.6.